The summed E-state index contributed by atoms with van der Waals surface area (Å²) in [7, 11) is 2.92. The minimum absolute atomic E-state index is 0.0947. The van der Waals surface area contributed by atoms with Gasteiger partial charge in [-0.3, -0.25) is 19.6 Å². The maximum absolute atomic E-state index is 13.5. The summed E-state index contributed by atoms with van der Waals surface area (Å²) in [6.45, 7) is 5.15. The lowest BCUT2D eigenvalue weighted by atomic mass is 9.68. The highest BCUT2D eigenvalue weighted by Gasteiger charge is 2.42. The molecule has 0 aromatic heterocycles. The van der Waals surface area contributed by atoms with Gasteiger partial charge in [-0.2, -0.15) is 0 Å². The minimum Gasteiger partial charge on any atom is -0.481 e. The van der Waals surface area contributed by atoms with Crippen LogP contribution in [0.1, 0.15) is 110 Å². The van der Waals surface area contributed by atoms with E-state index in [0.29, 0.717) is 49.2 Å². The monoisotopic (exact) mass is 666 g/mol. The van der Waals surface area contributed by atoms with Crippen LogP contribution in [0.3, 0.4) is 0 Å². The van der Waals surface area contributed by atoms with Crippen LogP contribution in [-0.4, -0.2) is 73.8 Å². The smallest absolute Gasteiger partial charge is 0.308 e. The summed E-state index contributed by atoms with van der Waals surface area (Å²) >= 11 is 0. The van der Waals surface area contributed by atoms with Crippen molar-refractivity contribution in [3.8, 4) is 0 Å². The number of rotatable bonds is 15. The molecule has 270 valence electrons. The van der Waals surface area contributed by atoms with Crippen molar-refractivity contribution in [2.45, 2.75) is 128 Å². The largest absolute Gasteiger partial charge is 0.481 e. The fraction of sp³-hybridized carbons (Fsp3) is 0.917. The first-order valence-electron chi connectivity index (χ1n) is 18.5. The molecule has 4 aliphatic rings. The fourth-order valence-corrected chi connectivity index (χ4v) is 9.77. The number of aliphatic carboxylic acids is 1. The molecule has 0 spiro atoms. The molecule has 0 saturated heterocycles. The van der Waals surface area contributed by atoms with Crippen LogP contribution in [0.2, 0.25) is 0 Å². The van der Waals surface area contributed by atoms with Gasteiger partial charge in [-0.25, -0.2) is 14.7 Å². The van der Waals surface area contributed by atoms with Crippen molar-refractivity contribution in [1.29, 1.82) is 0 Å². The molecule has 0 heterocycles. The van der Waals surface area contributed by atoms with E-state index >= 15 is 0 Å². The van der Waals surface area contributed by atoms with Crippen molar-refractivity contribution in [1.82, 2.24) is 10.6 Å². The number of carboxylic acid groups (broad SMARTS) is 1. The number of nitrogens with one attached hydrogen (secondary N) is 2. The number of carboxylic acids is 1. The van der Waals surface area contributed by atoms with Crippen LogP contribution < -0.4 is 10.6 Å². The summed E-state index contributed by atoms with van der Waals surface area (Å²) in [6, 6.07) is 0.607. The van der Waals surface area contributed by atoms with E-state index in [1.807, 2.05) is 0 Å². The molecule has 0 aliphatic heterocycles. The van der Waals surface area contributed by atoms with Crippen LogP contribution in [0.5, 0.6) is 0 Å². The highest BCUT2D eigenvalue weighted by atomic mass is 17.2. The number of hydrogen-bond acceptors (Lipinski definition) is 9. The number of ether oxygens (including phenoxy) is 1. The highest BCUT2D eigenvalue weighted by Crippen LogP contribution is 2.42. The Morgan fingerprint density at radius 1 is 0.702 bits per heavy atom. The van der Waals surface area contributed by atoms with Gasteiger partial charge in [0.1, 0.15) is 0 Å². The summed E-state index contributed by atoms with van der Waals surface area (Å²) in [6.07, 6.45) is 14.0. The molecule has 12 atom stereocenters. The topological polar surface area (TPSA) is 153 Å². The summed E-state index contributed by atoms with van der Waals surface area (Å²) < 4.78 is 5.05. The third-order valence-corrected chi connectivity index (χ3v) is 12.5. The molecule has 4 rings (SSSR count). The standard InChI is InChI=1S/C36H62N2O9/c1-5-25-16-22(8-13-31(25)37-33-19-27(36(42)44-3)10-11-28(33)21-46-43)15-23-9-14-32(26(6-2)17-23)38-34(39)30-18-24(20-47-45-4)7-12-29(30)35(40)41/h22-33,37,43H,5-21H2,1-4H3,(H,38,39)(H,40,41). The molecule has 4 saturated carbocycles. The van der Waals surface area contributed by atoms with E-state index in [0.717, 1.165) is 64.2 Å². The van der Waals surface area contributed by atoms with E-state index in [1.54, 1.807) is 0 Å². The van der Waals surface area contributed by atoms with Gasteiger partial charge in [-0.05, 0) is 113 Å². The molecule has 4 N–H and O–H groups in total. The van der Waals surface area contributed by atoms with E-state index < -0.39 is 17.8 Å². The van der Waals surface area contributed by atoms with Gasteiger partial charge in [-0.1, -0.05) is 26.7 Å². The molecule has 12 unspecified atom stereocenters. The average Bonchev–Trinajstić information content (AvgIpc) is 3.08. The van der Waals surface area contributed by atoms with Crippen molar-refractivity contribution >= 4 is 17.8 Å². The SMILES string of the molecule is CCC1CC(CC2CCC(NC3CC(C(=O)OC)CCC3COO)C(CC)C2)CCC1NC(=O)C1CC(COOC)CCC1C(=O)O. The van der Waals surface area contributed by atoms with Gasteiger partial charge in [0.2, 0.25) is 5.91 Å². The van der Waals surface area contributed by atoms with Crippen molar-refractivity contribution in [3.05, 3.63) is 0 Å². The third kappa shape index (κ3) is 10.4. The zero-order chi connectivity index (χ0) is 33.9. The molecule has 0 bridgehead atoms. The molecule has 0 aromatic carbocycles. The second-order valence-electron chi connectivity index (χ2n) is 15.2. The van der Waals surface area contributed by atoms with Gasteiger partial charge in [-0.15, -0.1) is 0 Å². The van der Waals surface area contributed by atoms with Crippen LogP contribution in [0.15, 0.2) is 0 Å². The molecule has 11 heteroatoms. The van der Waals surface area contributed by atoms with Crippen LogP contribution in [0.25, 0.3) is 0 Å². The molecule has 47 heavy (non-hydrogen) atoms. The van der Waals surface area contributed by atoms with Crippen LogP contribution >= 0.6 is 0 Å². The van der Waals surface area contributed by atoms with E-state index in [4.69, 9.17) is 14.5 Å². The molecular weight excluding hydrogens is 604 g/mol. The second-order valence-corrected chi connectivity index (χ2v) is 15.2. The predicted octanol–water partition coefficient (Wildman–Crippen LogP) is 5.61. The molecule has 0 radical (unpaired) electrons. The molecule has 4 fully saturated rings. The van der Waals surface area contributed by atoms with Crippen LogP contribution in [0, 0.1) is 53.3 Å². The van der Waals surface area contributed by atoms with Gasteiger partial charge >= 0.3 is 11.9 Å². The van der Waals surface area contributed by atoms with E-state index in [2.05, 4.69) is 29.4 Å². The lowest BCUT2D eigenvalue weighted by molar-refractivity contribution is -0.281. The summed E-state index contributed by atoms with van der Waals surface area (Å²) in [5, 5.41) is 26.3. The Balaban J connectivity index is 1.28. The first kappa shape index (κ1) is 38.0. The van der Waals surface area contributed by atoms with E-state index in [9.17, 15) is 24.7 Å². The molecule has 0 aromatic rings. The van der Waals surface area contributed by atoms with Crippen molar-refractivity contribution in [3.63, 3.8) is 0 Å². The lowest BCUT2D eigenvalue weighted by Gasteiger charge is -2.44. The number of esters is 1. The first-order valence-corrected chi connectivity index (χ1v) is 18.5. The summed E-state index contributed by atoms with van der Waals surface area (Å²) in [5.74, 6) is 0.152. The normalized spacial score (nSPS) is 38.0. The van der Waals surface area contributed by atoms with Gasteiger partial charge in [0, 0.05) is 24.0 Å². The zero-order valence-electron chi connectivity index (χ0n) is 29.2. The van der Waals surface area contributed by atoms with Crippen molar-refractivity contribution < 1.29 is 44.1 Å². The molecule has 11 nitrogen and oxygen atoms in total. The Labute approximate surface area is 281 Å². The number of amides is 1. The molecule has 1 amide bonds. The highest BCUT2D eigenvalue weighted by molar-refractivity contribution is 5.85. The Morgan fingerprint density at radius 2 is 1.36 bits per heavy atom. The Hall–Kier alpha value is -1.79. The van der Waals surface area contributed by atoms with Crippen LogP contribution in [0.4, 0.5) is 0 Å². The van der Waals surface area contributed by atoms with Gasteiger partial charge < -0.3 is 20.5 Å². The third-order valence-electron chi connectivity index (χ3n) is 12.5. The number of methoxy groups -OCH3 is 1. The lowest BCUT2D eigenvalue weighted by Crippen LogP contribution is -2.52. The van der Waals surface area contributed by atoms with Crippen molar-refractivity contribution in [2.24, 2.45) is 53.3 Å². The average molecular weight is 667 g/mol. The van der Waals surface area contributed by atoms with Crippen molar-refractivity contribution in [2.75, 3.05) is 27.4 Å². The quantitative estimate of drug-likeness (QED) is 0.0985. The maximum Gasteiger partial charge on any atom is 0.308 e. The van der Waals surface area contributed by atoms with Gasteiger partial charge in [0.15, 0.2) is 0 Å². The Kier molecular flexibility index (Phi) is 15.2. The van der Waals surface area contributed by atoms with Gasteiger partial charge in [0.05, 0.1) is 45.2 Å². The second kappa shape index (κ2) is 18.8. The van der Waals surface area contributed by atoms with Gasteiger partial charge in [0.25, 0.3) is 0 Å². The van der Waals surface area contributed by atoms with E-state index in [-0.39, 0.29) is 48.3 Å². The Bertz CT molecular complexity index is 998. The molecular formula is C36H62N2O9. The maximum atomic E-state index is 13.5. The number of carbonyl (C=O) groups excluding carboxylic acids is 2. The fourth-order valence-electron chi connectivity index (χ4n) is 9.77. The Morgan fingerprint density at radius 3 is 1.98 bits per heavy atom. The molecule has 4 aliphatic carbocycles. The number of carbonyl (C=O) groups is 3. The summed E-state index contributed by atoms with van der Waals surface area (Å²) in [4.78, 5) is 52.3. The predicted molar refractivity (Wildman–Crippen MR) is 176 cm³/mol. The number of hydrogen-bond donors (Lipinski definition) is 4. The summed E-state index contributed by atoms with van der Waals surface area (Å²) in [5.41, 5.74) is 0. The first-order chi connectivity index (χ1) is 22.7. The zero-order valence-corrected chi connectivity index (χ0v) is 29.2. The van der Waals surface area contributed by atoms with E-state index in [1.165, 1.54) is 33.5 Å². The minimum atomic E-state index is -0.884. The van der Waals surface area contributed by atoms with Crippen LogP contribution in [-0.2, 0) is 33.8 Å².